The average Bonchev–Trinajstić information content (AvgIpc) is 3.94. The Hall–Kier alpha value is -4.18. The van der Waals surface area contributed by atoms with Crippen LogP contribution in [0.4, 0.5) is 11.6 Å². The maximum atomic E-state index is 6.47. The molecule has 2 saturated heterocycles. The van der Waals surface area contributed by atoms with E-state index in [9.17, 15) is 0 Å². The average molecular weight is 704 g/mol. The van der Waals surface area contributed by atoms with Crippen molar-refractivity contribution < 1.29 is 14.2 Å². The molecule has 0 spiro atoms. The molecule has 0 radical (unpaired) electrons. The van der Waals surface area contributed by atoms with Crippen LogP contribution in [-0.2, 0) is 17.9 Å². The highest BCUT2D eigenvalue weighted by atomic mass is 35.5. The third kappa shape index (κ3) is 7.25. The first-order valence-electron chi connectivity index (χ1n) is 16.8. The van der Waals surface area contributed by atoms with Gasteiger partial charge in [-0.25, -0.2) is 19.6 Å². The number of morpholine rings is 1. The van der Waals surface area contributed by atoms with Crippen LogP contribution in [0.3, 0.4) is 0 Å². The van der Waals surface area contributed by atoms with Crippen LogP contribution in [0.2, 0.25) is 5.02 Å². The third-order valence-corrected chi connectivity index (χ3v) is 10.7. The molecule has 256 valence electrons. The largest absolute Gasteiger partial charge is 0.487 e. The molecule has 3 fully saturated rings. The lowest BCUT2D eigenvalue weighted by Crippen LogP contribution is -2.52. The molecule has 0 unspecified atom stereocenters. The number of nitrogens with one attached hydrogen (secondary N) is 1. The summed E-state index contributed by atoms with van der Waals surface area (Å²) < 4.78 is 21.8. The third-order valence-electron chi connectivity index (χ3n) is 9.60. The summed E-state index contributed by atoms with van der Waals surface area (Å²) in [7, 11) is 0. The van der Waals surface area contributed by atoms with Crippen molar-refractivity contribution in [2.24, 2.45) is 0 Å². The minimum Gasteiger partial charge on any atom is -0.487 e. The maximum absolute atomic E-state index is 6.47. The summed E-state index contributed by atoms with van der Waals surface area (Å²) in [4.78, 5) is 16.4. The van der Waals surface area contributed by atoms with Crippen molar-refractivity contribution in [2.45, 2.75) is 88.9 Å². The second-order valence-electron chi connectivity index (χ2n) is 12.9. The van der Waals surface area contributed by atoms with Gasteiger partial charge in [0.05, 0.1) is 37.0 Å². The van der Waals surface area contributed by atoms with E-state index in [0.717, 1.165) is 60.7 Å². The second kappa shape index (κ2) is 14.4. The van der Waals surface area contributed by atoms with Crippen LogP contribution in [0.5, 0.6) is 11.6 Å². The van der Waals surface area contributed by atoms with Crippen molar-refractivity contribution in [1.82, 2.24) is 49.8 Å². The molecule has 4 aromatic heterocycles. The van der Waals surface area contributed by atoms with Crippen molar-refractivity contribution in [1.29, 1.82) is 0 Å². The van der Waals surface area contributed by atoms with Gasteiger partial charge in [-0.05, 0) is 73.6 Å². The zero-order valence-electron chi connectivity index (χ0n) is 27.1. The fourth-order valence-corrected chi connectivity index (χ4v) is 7.99. The SMILES string of the molecule is C[C@@H](Cn1cnnn1)Oc1cc(-c2cnc(Nc3cn([C@H]4CC[C@H](N5[C@@H]6CC[C@H]5COC6)CC4)nc3OCc3nccs3)nc2)ccc1Cl. The van der Waals surface area contributed by atoms with E-state index in [1.54, 1.807) is 47.0 Å². The molecule has 3 atom stereocenters. The molecule has 1 aliphatic carbocycles. The zero-order chi connectivity index (χ0) is 33.2. The minimum atomic E-state index is -0.207. The van der Waals surface area contributed by atoms with Crippen LogP contribution in [0.25, 0.3) is 11.1 Å². The van der Waals surface area contributed by atoms with E-state index in [2.05, 4.69) is 45.4 Å². The first-order chi connectivity index (χ1) is 24.1. The van der Waals surface area contributed by atoms with Gasteiger partial charge in [-0.2, -0.15) is 0 Å². The predicted octanol–water partition coefficient (Wildman–Crippen LogP) is 5.57. The van der Waals surface area contributed by atoms with Gasteiger partial charge in [-0.15, -0.1) is 21.5 Å². The highest BCUT2D eigenvalue weighted by Gasteiger charge is 2.42. The second-order valence-corrected chi connectivity index (χ2v) is 14.3. The summed E-state index contributed by atoms with van der Waals surface area (Å²) in [5.74, 6) is 1.50. The monoisotopic (exact) mass is 703 g/mol. The normalized spacial score (nSPS) is 23.0. The smallest absolute Gasteiger partial charge is 0.257 e. The Morgan fingerprint density at radius 3 is 2.51 bits per heavy atom. The number of nitrogens with zero attached hydrogens (tertiary/aromatic N) is 10. The highest BCUT2D eigenvalue weighted by molar-refractivity contribution is 7.09. The maximum Gasteiger partial charge on any atom is 0.257 e. The fourth-order valence-electron chi connectivity index (χ4n) is 7.30. The molecule has 5 aromatic rings. The molecule has 1 aromatic carbocycles. The summed E-state index contributed by atoms with van der Waals surface area (Å²) >= 11 is 8.03. The van der Waals surface area contributed by atoms with Crippen LogP contribution in [0.15, 0.2) is 54.7 Å². The molecule has 1 saturated carbocycles. The molecule has 1 N–H and O–H groups in total. The van der Waals surface area contributed by atoms with Crippen LogP contribution in [0.1, 0.15) is 56.5 Å². The number of benzene rings is 1. The summed E-state index contributed by atoms with van der Waals surface area (Å²) in [6, 6.07) is 7.71. The van der Waals surface area contributed by atoms with Gasteiger partial charge in [0.15, 0.2) is 0 Å². The lowest BCUT2D eigenvalue weighted by Gasteiger charge is -2.43. The van der Waals surface area contributed by atoms with E-state index in [-0.39, 0.29) is 6.10 Å². The number of halogens is 1. The van der Waals surface area contributed by atoms with E-state index < -0.39 is 0 Å². The Balaban J connectivity index is 0.952. The Morgan fingerprint density at radius 1 is 1.00 bits per heavy atom. The Labute approximate surface area is 292 Å². The molecule has 3 aliphatic rings. The molecule has 8 rings (SSSR count). The fraction of sp³-hybridized carbons (Fsp3) is 0.485. The van der Waals surface area contributed by atoms with Crippen molar-refractivity contribution in [3.05, 3.63) is 64.7 Å². The molecular formula is C33H38ClN11O3S. The lowest BCUT2D eigenvalue weighted by molar-refractivity contribution is -0.0458. The molecule has 2 aliphatic heterocycles. The van der Waals surface area contributed by atoms with Gasteiger partial charge < -0.3 is 19.5 Å². The van der Waals surface area contributed by atoms with Gasteiger partial charge in [0, 0.05) is 47.7 Å². The number of rotatable bonds is 12. The van der Waals surface area contributed by atoms with Gasteiger partial charge in [0.25, 0.3) is 5.88 Å². The highest BCUT2D eigenvalue weighted by Crippen LogP contribution is 2.40. The number of thiazole rings is 1. The molecule has 6 heterocycles. The standard InChI is InChI=1S/C33H38ClN11O3S/c1-21(15-43-20-38-41-42-43)48-30-12-22(2-9-28(30)34)23-13-36-33(37-14-23)39-29-16-44(40-32(29)47-19-31-35-10-11-49-31)24-3-5-25(6-4-24)45-26-7-8-27(45)18-46-17-26/h2,9-14,16,20-21,24-27H,3-8,15,17-19H2,1H3,(H,36,37,39)/t21-,24-,25-,26-,27+/m0/s1. The number of anilines is 2. The number of aromatic nitrogens is 9. The van der Waals surface area contributed by atoms with E-state index in [4.69, 9.17) is 30.9 Å². The Kier molecular flexibility index (Phi) is 9.39. The summed E-state index contributed by atoms with van der Waals surface area (Å²) in [5, 5.41) is 22.9. The van der Waals surface area contributed by atoms with Crippen molar-refractivity contribution >= 4 is 34.6 Å². The quantitative estimate of drug-likeness (QED) is 0.173. The van der Waals surface area contributed by atoms with Crippen LogP contribution < -0.4 is 14.8 Å². The van der Waals surface area contributed by atoms with Crippen LogP contribution >= 0.6 is 22.9 Å². The van der Waals surface area contributed by atoms with Crippen molar-refractivity contribution in [3.63, 3.8) is 0 Å². The first-order valence-corrected chi connectivity index (χ1v) is 18.0. The zero-order valence-corrected chi connectivity index (χ0v) is 28.7. The van der Waals surface area contributed by atoms with Crippen LogP contribution in [0, 0.1) is 0 Å². The van der Waals surface area contributed by atoms with Gasteiger partial charge in [0.1, 0.15) is 35.5 Å². The summed E-state index contributed by atoms with van der Waals surface area (Å²) in [5.41, 5.74) is 2.42. The van der Waals surface area contributed by atoms with E-state index in [1.807, 2.05) is 30.6 Å². The summed E-state index contributed by atoms with van der Waals surface area (Å²) in [6.45, 7) is 4.52. The predicted molar refractivity (Wildman–Crippen MR) is 183 cm³/mol. The Morgan fingerprint density at radius 2 is 1.78 bits per heavy atom. The minimum absolute atomic E-state index is 0.207. The summed E-state index contributed by atoms with van der Waals surface area (Å²) in [6.07, 6.45) is 15.7. The number of ether oxygens (including phenoxy) is 3. The number of tetrazole rings is 1. The van der Waals surface area contributed by atoms with E-state index in [1.165, 1.54) is 12.8 Å². The van der Waals surface area contributed by atoms with Gasteiger partial charge in [0.2, 0.25) is 5.95 Å². The van der Waals surface area contributed by atoms with E-state index >= 15 is 0 Å². The topological polar surface area (TPSA) is 143 Å². The van der Waals surface area contributed by atoms with E-state index in [0.29, 0.717) is 59.9 Å². The van der Waals surface area contributed by atoms with Gasteiger partial charge >= 0.3 is 0 Å². The number of hydrogen-bond acceptors (Lipinski definition) is 13. The first kappa shape index (κ1) is 32.0. The van der Waals surface area contributed by atoms with Crippen molar-refractivity contribution in [2.75, 3.05) is 18.5 Å². The number of hydrogen-bond donors (Lipinski definition) is 1. The molecular weight excluding hydrogens is 666 g/mol. The molecule has 14 nitrogen and oxygen atoms in total. The molecule has 0 amide bonds. The molecule has 16 heteroatoms. The number of fused-ring (bicyclic) bond motifs is 2. The van der Waals surface area contributed by atoms with Gasteiger partial charge in [-0.3, -0.25) is 9.58 Å². The lowest BCUT2D eigenvalue weighted by atomic mass is 9.89. The molecule has 2 bridgehead atoms. The van der Waals surface area contributed by atoms with Crippen molar-refractivity contribution in [3.8, 4) is 22.8 Å². The Bertz CT molecular complexity index is 1800. The molecule has 49 heavy (non-hydrogen) atoms. The van der Waals surface area contributed by atoms with Crippen LogP contribution in [-0.4, -0.2) is 87.3 Å². The van der Waals surface area contributed by atoms with Gasteiger partial charge in [-0.1, -0.05) is 17.7 Å².